The maximum Gasteiger partial charge on any atom is 0.261 e. The lowest BCUT2D eigenvalue weighted by Gasteiger charge is -2.19. The highest BCUT2D eigenvalue weighted by molar-refractivity contribution is 6.21. The van der Waals surface area contributed by atoms with Gasteiger partial charge in [0, 0.05) is 13.0 Å². The van der Waals surface area contributed by atoms with Gasteiger partial charge in [-0.3, -0.25) is 19.3 Å². The average molecular weight is 230 g/mol. The van der Waals surface area contributed by atoms with Gasteiger partial charge in [-0.1, -0.05) is 12.1 Å². The second-order valence-corrected chi connectivity index (χ2v) is 4.19. The van der Waals surface area contributed by atoms with E-state index < -0.39 is 0 Å². The molecular formula is C12H10N2O3. The largest absolute Gasteiger partial charge is 0.354 e. The van der Waals surface area contributed by atoms with Crippen molar-refractivity contribution in [2.45, 2.75) is 12.5 Å². The summed E-state index contributed by atoms with van der Waals surface area (Å²) in [6, 6.07) is 6.38. The molecular weight excluding hydrogens is 220 g/mol. The third-order valence-electron chi connectivity index (χ3n) is 3.15. The third kappa shape index (κ3) is 1.35. The molecule has 3 amide bonds. The zero-order valence-electron chi connectivity index (χ0n) is 8.97. The summed E-state index contributed by atoms with van der Waals surface area (Å²) in [4.78, 5) is 36.5. The zero-order chi connectivity index (χ0) is 12.0. The van der Waals surface area contributed by atoms with Gasteiger partial charge in [0.05, 0.1) is 17.2 Å². The van der Waals surface area contributed by atoms with Crippen molar-refractivity contribution in [1.29, 1.82) is 0 Å². The van der Waals surface area contributed by atoms with Gasteiger partial charge in [-0.05, 0) is 12.1 Å². The number of rotatable bonds is 1. The van der Waals surface area contributed by atoms with Gasteiger partial charge in [-0.25, -0.2) is 0 Å². The molecule has 1 saturated heterocycles. The number of imide groups is 1. The van der Waals surface area contributed by atoms with Gasteiger partial charge in [0.15, 0.2) is 0 Å². The Balaban J connectivity index is 1.98. The molecule has 0 saturated carbocycles. The van der Waals surface area contributed by atoms with Crippen molar-refractivity contribution in [2.24, 2.45) is 0 Å². The zero-order valence-corrected chi connectivity index (χ0v) is 8.97. The van der Waals surface area contributed by atoms with E-state index in [0.29, 0.717) is 17.7 Å². The monoisotopic (exact) mass is 230 g/mol. The normalized spacial score (nSPS) is 22.9. The molecule has 0 bridgehead atoms. The van der Waals surface area contributed by atoms with Crippen molar-refractivity contribution in [2.75, 3.05) is 6.54 Å². The topological polar surface area (TPSA) is 66.5 Å². The van der Waals surface area contributed by atoms with E-state index in [1.165, 1.54) is 4.90 Å². The molecule has 0 aromatic heterocycles. The minimum Gasteiger partial charge on any atom is -0.354 e. The molecule has 2 heterocycles. The fourth-order valence-electron chi connectivity index (χ4n) is 2.31. The highest BCUT2D eigenvalue weighted by Crippen LogP contribution is 2.26. The summed E-state index contributed by atoms with van der Waals surface area (Å²) in [5, 5.41) is 2.63. The minimum atomic E-state index is -0.352. The molecule has 0 spiro atoms. The van der Waals surface area contributed by atoms with E-state index in [4.69, 9.17) is 0 Å². The Morgan fingerprint density at radius 3 is 2.12 bits per heavy atom. The lowest BCUT2D eigenvalue weighted by molar-refractivity contribution is -0.119. The summed E-state index contributed by atoms with van der Waals surface area (Å²) in [7, 11) is 0. The van der Waals surface area contributed by atoms with Gasteiger partial charge in [0.2, 0.25) is 5.91 Å². The van der Waals surface area contributed by atoms with Gasteiger partial charge in [0.1, 0.15) is 0 Å². The van der Waals surface area contributed by atoms with Crippen LogP contribution in [0, 0.1) is 0 Å². The van der Waals surface area contributed by atoms with E-state index in [-0.39, 0.29) is 30.2 Å². The Labute approximate surface area is 97.4 Å². The summed E-state index contributed by atoms with van der Waals surface area (Å²) in [6.07, 6.45) is 0.200. The molecule has 0 unspecified atom stereocenters. The maximum atomic E-state index is 12.1. The number of carbonyl (C=O) groups excluding carboxylic acids is 3. The van der Waals surface area contributed by atoms with E-state index in [2.05, 4.69) is 5.32 Å². The Morgan fingerprint density at radius 2 is 1.65 bits per heavy atom. The lowest BCUT2D eigenvalue weighted by atomic mass is 10.1. The number of nitrogens with one attached hydrogen (secondary N) is 1. The molecule has 0 aliphatic carbocycles. The molecule has 3 rings (SSSR count). The molecule has 1 atom stereocenters. The van der Waals surface area contributed by atoms with Crippen LogP contribution in [0.3, 0.4) is 0 Å². The molecule has 5 heteroatoms. The first-order valence-corrected chi connectivity index (χ1v) is 5.42. The van der Waals surface area contributed by atoms with E-state index in [1.807, 2.05) is 0 Å². The Hall–Kier alpha value is -2.17. The van der Waals surface area contributed by atoms with Crippen LogP contribution in [0.1, 0.15) is 27.1 Å². The van der Waals surface area contributed by atoms with Crippen LogP contribution in [-0.2, 0) is 4.79 Å². The SMILES string of the molecule is O=C1C[C@H](N2C(=O)c3ccccc3C2=O)CN1. The molecule has 1 fully saturated rings. The van der Waals surface area contributed by atoms with E-state index in [9.17, 15) is 14.4 Å². The number of carbonyl (C=O) groups is 3. The molecule has 1 aromatic rings. The van der Waals surface area contributed by atoms with Gasteiger partial charge in [0.25, 0.3) is 11.8 Å². The van der Waals surface area contributed by atoms with Crippen molar-refractivity contribution >= 4 is 17.7 Å². The molecule has 2 aliphatic rings. The molecule has 17 heavy (non-hydrogen) atoms. The fraction of sp³-hybridized carbons (Fsp3) is 0.250. The van der Waals surface area contributed by atoms with Crippen LogP contribution in [0.15, 0.2) is 24.3 Å². The highest BCUT2D eigenvalue weighted by atomic mass is 16.2. The van der Waals surface area contributed by atoms with Crippen molar-refractivity contribution < 1.29 is 14.4 Å². The van der Waals surface area contributed by atoms with Crippen LogP contribution in [0.25, 0.3) is 0 Å². The van der Waals surface area contributed by atoms with Gasteiger partial charge < -0.3 is 5.32 Å². The van der Waals surface area contributed by atoms with Crippen molar-refractivity contribution in [1.82, 2.24) is 10.2 Å². The Kier molecular flexibility index (Phi) is 2.01. The van der Waals surface area contributed by atoms with E-state index in [1.54, 1.807) is 24.3 Å². The van der Waals surface area contributed by atoms with Crippen LogP contribution in [0.2, 0.25) is 0 Å². The number of hydrogen-bond acceptors (Lipinski definition) is 3. The first-order valence-electron chi connectivity index (χ1n) is 5.42. The lowest BCUT2D eigenvalue weighted by Crippen LogP contribution is -2.41. The van der Waals surface area contributed by atoms with Crippen molar-refractivity contribution in [3.63, 3.8) is 0 Å². The maximum absolute atomic E-state index is 12.1. The number of amides is 3. The Morgan fingerprint density at radius 1 is 1.06 bits per heavy atom. The molecule has 1 aromatic carbocycles. The number of hydrogen-bond donors (Lipinski definition) is 1. The summed E-state index contributed by atoms with van der Waals surface area (Å²) >= 11 is 0. The summed E-state index contributed by atoms with van der Waals surface area (Å²) in [6.45, 7) is 0.351. The summed E-state index contributed by atoms with van der Waals surface area (Å²) in [5.74, 6) is -0.717. The molecule has 0 radical (unpaired) electrons. The van der Waals surface area contributed by atoms with Crippen molar-refractivity contribution in [3.05, 3.63) is 35.4 Å². The summed E-state index contributed by atoms with van der Waals surface area (Å²) < 4.78 is 0. The van der Waals surface area contributed by atoms with Crippen LogP contribution < -0.4 is 5.32 Å². The average Bonchev–Trinajstić information content (AvgIpc) is 2.84. The van der Waals surface area contributed by atoms with E-state index >= 15 is 0 Å². The van der Waals surface area contributed by atoms with Gasteiger partial charge >= 0.3 is 0 Å². The van der Waals surface area contributed by atoms with Gasteiger partial charge in [-0.2, -0.15) is 0 Å². The quantitative estimate of drug-likeness (QED) is 0.699. The van der Waals surface area contributed by atoms with Crippen LogP contribution >= 0.6 is 0 Å². The smallest absolute Gasteiger partial charge is 0.261 e. The first-order chi connectivity index (χ1) is 8.18. The van der Waals surface area contributed by atoms with Crippen molar-refractivity contribution in [3.8, 4) is 0 Å². The Bertz CT molecular complexity index is 503. The molecule has 86 valence electrons. The minimum absolute atomic E-state index is 0.119. The van der Waals surface area contributed by atoms with Crippen LogP contribution in [0.4, 0.5) is 0 Å². The number of benzene rings is 1. The molecule has 1 N–H and O–H groups in total. The highest BCUT2D eigenvalue weighted by Gasteiger charge is 2.42. The van der Waals surface area contributed by atoms with Gasteiger partial charge in [-0.15, -0.1) is 0 Å². The molecule has 5 nitrogen and oxygen atoms in total. The first kappa shape index (κ1) is 10.0. The predicted molar refractivity (Wildman–Crippen MR) is 58.4 cm³/mol. The summed E-state index contributed by atoms with van der Waals surface area (Å²) in [5.41, 5.74) is 0.855. The fourth-order valence-corrected chi connectivity index (χ4v) is 2.31. The van der Waals surface area contributed by atoms with Crippen LogP contribution in [-0.4, -0.2) is 35.2 Å². The number of nitrogens with zero attached hydrogens (tertiary/aromatic N) is 1. The van der Waals surface area contributed by atoms with E-state index in [0.717, 1.165) is 0 Å². The standard InChI is InChI=1S/C12H10N2O3/c15-10-5-7(6-13-10)14-11(16)8-3-1-2-4-9(8)12(14)17/h1-4,7H,5-6H2,(H,13,15)/t7-/m0/s1. The van der Waals surface area contributed by atoms with Crippen LogP contribution in [0.5, 0.6) is 0 Å². The predicted octanol–water partition coefficient (Wildman–Crippen LogP) is 0.171. The molecule has 2 aliphatic heterocycles. The third-order valence-corrected chi connectivity index (χ3v) is 3.15. The number of fused-ring (bicyclic) bond motifs is 1. The second-order valence-electron chi connectivity index (χ2n) is 4.19. The second kappa shape index (κ2) is 3.41.